The van der Waals surface area contributed by atoms with Crippen LogP contribution in [-0.2, 0) is 14.8 Å². The lowest BCUT2D eigenvalue weighted by atomic mass is 9.91. The van der Waals surface area contributed by atoms with E-state index in [1.54, 1.807) is 19.1 Å². The van der Waals surface area contributed by atoms with Gasteiger partial charge in [0.1, 0.15) is 0 Å². The Bertz CT molecular complexity index is 667. The molecule has 0 saturated carbocycles. The maximum absolute atomic E-state index is 14.2. The molecule has 0 bridgehead atoms. The molecular formula is C14H17BrFNO3S. The first-order valence-corrected chi connectivity index (χ1v) is 8.86. The van der Waals surface area contributed by atoms with Crippen LogP contribution in [0.3, 0.4) is 0 Å². The number of hydrogen-bond donors (Lipinski definition) is 0. The Balaban J connectivity index is 2.25. The van der Waals surface area contributed by atoms with Gasteiger partial charge in [0.2, 0.25) is 10.0 Å². The number of aryl methyl sites for hydroxylation is 1. The first-order valence-electron chi connectivity index (χ1n) is 6.63. The molecular weight excluding hydrogens is 361 g/mol. The molecule has 1 saturated heterocycles. The topological polar surface area (TPSA) is 54.5 Å². The van der Waals surface area contributed by atoms with Crippen molar-refractivity contribution >= 4 is 31.7 Å². The van der Waals surface area contributed by atoms with E-state index >= 15 is 0 Å². The molecule has 4 nitrogen and oxygen atoms in total. The molecule has 2 rings (SSSR count). The highest BCUT2D eigenvalue weighted by atomic mass is 79.9. The lowest BCUT2D eigenvalue weighted by Crippen LogP contribution is -2.47. The summed E-state index contributed by atoms with van der Waals surface area (Å²) in [5, 5.41) is 0. The van der Waals surface area contributed by atoms with Gasteiger partial charge in [-0.25, -0.2) is 12.8 Å². The van der Waals surface area contributed by atoms with Gasteiger partial charge in [0.25, 0.3) is 0 Å². The number of carbonyl (C=O) groups is 1. The number of halogens is 2. The van der Waals surface area contributed by atoms with Crippen molar-refractivity contribution in [3.63, 3.8) is 0 Å². The standard InChI is InChI=1S/C14H17BrFNO3S/c1-10-9-12(15)3-4-13(10)21(19,20)17-7-5-14(16,6-8-17)11(2)18/h3-4,9H,5-8H2,1-2H3. The van der Waals surface area contributed by atoms with Crippen molar-refractivity contribution in [3.05, 3.63) is 28.2 Å². The van der Waals surface area contributed by atoms with Gasteiger partial charge in [-0.05, 0) is 37.6 Å². The number of nitrogens with zero attached hydrogens (tertiary/aromatic N) is 1. The number of benzene rings is 1. The van der Waals surface area contributed by atoms with E-state index in [4.69, 9.17) is 0 Å². The van der Waals surface area contributed by atoms with Crippen LogP contribution in [0.25, 0.3) is 0 Å². The smallest absolute Gasteiger partial charge is 0.243 e. The van der Waals surface area contributed by atoms with E-state index in [0.717, 1.165) is 4.47 Å². The monoisotopic (exact) mass is 377 g/mol. The van der Waals surface area contributed by atoms with E-state index < -0.39 is 21.5 Å². The molecule has 0 unspecified atom stereocenters. The minimum absolute atomic E-state index is 0.0217. The fourth-order valence-electron chi connectivity index (χ4n) is 2.47. The molecule has 21 heavy (non-hydrogen) atoms. The Morgan fingerprint density at radius 2 is 1.90 bits per heavy atom. The lowest BCUT2D eigenvalue weighted by Gasteiger charge is -2.34. The third-order valence-corrected chi connectivity index (χ3v) is 6.45. The largest absolute Gasteiger partial charge is 0.296 e. The number of ketones is 1. The molecule has 0 aliphatic carbocycles. The zero-order chi connectivity index (χ0) is 15.8. The molecule has 0 aromatic heterocycles. The van der Waals surface area contributed by atoms with Crippen molar-refractivity contribution in [3.8, 4) is 0 Å². The Morgan fingerprint density at radius 3 is 2.38 bits per heavy atom. The molecule has 1 aromatic carbocycles. The summed E-state index contributed by atoms with van der Waals surface area (Å²) in [6.45, 7) is 2.97. The van der Waals surface area contributed by atoms with Crippen LogP contribution in [0.15, 0.2) is 27.6 Å². The molecule has 1 heterocycles. The van der Waals surface area contributed by atoms with Crippen LogP contribution >= 0.6 is 15.9 Å². The van der Waals surface area contributed by atoms with Crippen molar-refractivity contribution < 1.29 is 17.6 Å². The van der Waals surface area contributed by atoms with Crippen LogP contribution in [0.4, 0.5) is 4.39 Å². The van der Waals surface area contributed by atoms with E-state index in [1.807, 2.05) is 0 Å². The van der Waals surface area contributed by atoms with Crippen molar-refractivity contribution in [2.24, 2.45) is 0 Å². The molecule has 0 radical (unpaired) electrons. The third-order valence-electron chi connectivity index (χ3n) is 3.90. The predicted molar refractivity (Wildman–Crippen MR) is 81.4 cm³/mol. The quantitative estimate of drug-likeness (QED) is 0.813. The predicted octanol–water partition coefficient (Wildman–Crippen LogP) is 2.84. The first kappa shape index (κ1) is 16.6. The average molecular weight is 378 g/mol. The molecule has 0 amide bonds. The Morgan fingerprint density at radius 1 is 1.33 bits per heavy atom. The van der Waals surface area contributed by atoms with Gasteiger partial charge in [0, 0.05) is 30.4 Å². The second-order valence-electron chi connectivity index (χ2n) is 5.34. The number of rotatable bonds is 3. The number of hydrogen-bond acceptors (Lipinski definition) is 3. The van der Waals surface area contributed by atoms with Crippen LogP contribution in [0.1, 0.15) is 25.3 Å². The molecule has 1 fully saturated rings. The fourth-order valence-corrected chi connectivity index (χ4v) is 4.60. The molecule has 1 aromatic rings. The highest BCUT2D eigenvalue weighted by Crippen LogP contribution is 2.31. The SMILES string of the molecule is CC(=O)C1(F)CCN(S(=O)(=O)c2ccc(Br)cc2C)CC1. The molecule has 0 N–H and O–H groups in total. The summed E-state index contributed by atoms with van der Waals surface area (Å²) in [6.07, 6.45) is -0.172. The highest BCUT2D eigenvalue weighted by molar-refractivity contribution is 9.10. The number of Topliss-reactive ketones (excluding diaryl/α,β-unsaturated/α-hetero) is 1. The minimum Gasteiger partial charge on any atom is -0.296 e. The van der Waals surface area contributed by atoms with E-state index in [-0.39, 0.29) is 30.8 Å². The number of piperidine rings is 1. The van der Waals surface area contributed by atoms with Gasteiger partial charge in [-0.2, -0.15) is 4.31 Å². The summed E-state index contributed by atoms with van der Waals surface area (Å²) in [4.78, 5) is 11.5. The van der Waals surface area contributed by atoms with Gasteiger partial charge in [-0.1, -0.05) is 15.9 Å². The van der Waals surface area contributed by atoms with Crippen LogP contribution in [0.5, 0.6) is 0 Å². The van der Waals surface area contributed by atoms with Gasteiger partial charge in [-0.3, -0.25) is 4.79 Å². The van der Waals surface area contributed by atoms with Crippen molar-refractivity contribution in [1.82, 2.24) is 4.31 Å². The van der Waals surface area contributed by atoms with E-state index in [2.05, 4.69) is 15.9 Å². The summed E-state index contributed by atoms with van der Waals surface area (Å²) in [6, 6.07) is 4.93. The molecule has 1 aliphatic rings. The molecule has 1 aliphatic heterocycles. The third kappa shape index (κ3) is 3.19. The molecule has 116 valence electrons. The van der Waals surface area contributed by atoms with E-state index in [9.17, 15) is 17.6 Å². The second-order valence-corrected chi connectivity index (χ2v) is 8.16. The summed E-state index contributed by atoms with van der Waals surface area (Å²) < 4.78 is 41.5. The number of sulfonamides is 1. The normalized spacial score (nSPS) is 19.4. The van der Waals surface area contributed by atoms with Crippen LogP contribution < -0.4 is 0 Å². The highest BCUT2D eigenvalue weighted by Gasteiger charge is 2.42. The maximum atomic E-state index is 14.2. The molecule has 0 spiro atoms. The van der Waals surface area contributed by atoms with Gasteiger partial charge >= 0.3 is 0 Å². The van der Waals surface area contributed by atoms with Gasteiger partial charge in [0.05, 0.1) is 4.90 Å². The van der Waals surface area contributed by atoms with E-state index in [1.165, 1.54) is 17.3 Å². The summed E-state index contributed by atoms with van der Waals surface area (Å²) >= 11 is 3.29. The lowest BCUT2D eigenvalue weighted by molar-refractivity contribution is -0.130. The Labute approximate surface area is 132 Å². The average Bonchev–Trinajstić information content (AvgIpc) is 2.38. The number of carbonyl (C=O) groups excluding carboxylic acids is 1. The van der Waals surface area contributed by atoms with Crippen LogP contribution in [-0.4, -0.2) is 37.3 Å². The van der Waals surface area contributed by atoms with Crippen molar-refractivity contribution in [1.29, 1.82) is 0 Å². The second kappa shape index (κ2) is 5.78. The Hall–Kier alpha value is -0.790. The fraction of sp³-hybridized carbons (Fsp3) is 0.500. The summed E-state index contributed by atoms with van der Waals surface area (Å²) in [7, 11) is -3.65. The Kier molecular flexibility index (Phi) is 4.56. The maximum Gasteiger partial charge on any atom is 0.243 e. The molecule has 0 atom stereocenters. The van der Waals surface area contributed by atoms with Crippen molar-refractivity contribution in [2.75, 3.05) is 13.1 Å². The first-order chi connectivity index (χ1) is 9.67. The minimum atomic E-state index is -3.65. The summed E-state index contributed by atoms with van der Waals surface area (Å²) in [5.41, 5.74) is -1.26. The number of alkyl halides is 1. The van der Waals surface area contributed by atoms with Gasteiger partial charge in [0.15, 0.2) is 11.5 Å². The zero-order valence-corrected chi connectivity index (χ0v) is 14.3. The van der Waals surface area contributed by atoms with Gasteiger partial charge in [-0.15, -0.1) is 0 Å². The van der Waals surface area contributed by atoms with Crippen LogP contribution in [0.2, 0.25) is 0 Å². The van der Waals surface area contributed by atoms with Gasteiger partial charge < -0.3 is 0 Å². The van der Waals surface area contributed by atoms with E-state index in [0.29, 0.717) is 5.56 Å². The van der Waals surface area contributed by atoms with Crippen molar-refractivity contribution in [2.45, 2.75) is 37.3 Å². The summed E-state index contributed by atoms with van der Waals surface area (Å²) in [5.74, 6) is -0.528. The molecule has 7 heteroatoms. The zero-order valence-electron chi connectivity index (χ0n) is 11.9. The van der Waals surface area contributed by atoms with Crippen LogP contribution in [0, 0.1) is 6.92 Å².